The smallest absolute Gasteiger partial charge is 0.508 e. The van der Waals surface area contributed by atoms with E-state index in [0.29, 0.717) is 43.1 Å². The van der Waals surface area contributed by atoms with Crippen molar-refractivity contribution in [2.45, 2.75) is 52.0 Å². The summed E-state index contributed by atoms with van der Waals surface area (Å²) in [6.45, 7) is 4.17. The maximum atomic E-state index is 11.4. The molecule has 0 aliphatic rings. The van der Waals surface area contributed by atoms with E-state index in [9.17, 15) is 19.5 Å². The van der Waals surface area contributed by atoms with Gasteiger partial charge in [0.25, 0.3) is 0 Å². The lowest BCUT2D eigenvalue weighted by atomic mass is 10.1. The quantitative estimate of drug-likeness (QED) is 0.0619. The average molecular weight is 600 g/mol. The van der Waals surface area contributed by atoms with Crippen LogP contribution in [0.15, 0.2) is 41.4 Å². The second kappa shape index (κ2) is 14.0. The number of nitrogen functional groups attached to an aromatic ring is 1. The number of pyridine rings is 1. The number of hydrogen-bond acceptors (Lipinski definition) is 9. The Morgan fingerprint density at radius 2 is 1.90 bits per heavy atom. The van der Waals surface area contributed by atoms with Crippen LogP contribution >= 0.6 is 20.0 Å². The predicted octanol–water partition coefficient (Wildman–Crippen LogP) is 5.18. The van der Waals surface area contributed by atoms with Gasteiger partial charge < -0.3 is 24.7 Å². The Morgan fingerprint density at radius 1 is 1.10 bits per heavy atom. The molecule has 0 atom stereocenters. The molecule has 11 nitrogen and oxygen atoms in total. The van der Waals surface area contributed by atoms with Crippen LogP contribution < -0.4 is 10.3 Å². The lowest BCUT2D eigenvalue weighted by molar-refractivity contribution is 0.131. The fourth-order valence-electron chi connectivity index (χ4n) is 4.68. The van der Waals surface area contributed by atoms with E-state index < -0.39 is 7.82 Å². The van der Waals surface area contributed by atoms with Gasteiger partial charge in [-0.2, -0.15) is 0 Å². The van der Waals surface area contributed by atoms with Crippen LogP contribution in [-0.4, -0.2) is 54.3 Å². The minimum absolute atomic E-state index is 0.0337. The van der Waals surface area contributed by atoms with E-state index in [2.05, 4.69) is 40.3 Å². The summed E-state index contributed by atoms with van der Waals surface area (Å²) < 4.78 is 23.8. The van der Waals surface area contributed by atoms with Crippen molar-refractivity contribution in [3.05, 3.63) is 53.3 Å². The van der Waals surface area contributed by atoms with E-state index in [4.69, 9.17) is 20.0 Å². The van der Waals surface area contributed by atoms with Gasteiger partial charge in [-0.3, -0.25) is 9.79 Å². The molecule has 4 rings (SSSR count). The minimum Gasteiger partial charge on any atom is -0.508 e. The van der Waals surface area contributed by atoms with Crippen LogP contribution in [0.3, 0.4) is 0 Å². The zero-order valence-electron chi connectivity index (χ0n) is 22.8. The Morgan fingerprint density at radius 3 is 2.66 bits per heavy atom. The number of unbranched alkanes of at least 4 members (excludes halogenated alkanes) is 1. The third-order valence-corrected chi connectivity index (χ3v) is 7.16. The highest BCUT2D eigenvalue weighted by molar-refractivity contribution is 7.78. The number of phenols is 1. The number of nitrogens with zero attached hydrogens (tertiary/aromatic N) is 4. The molecule has 5 N–H and O–H groups in total. The molecule has 0 unspecified atom stereocenters. The first-order valence-electron chi connectivity index (χ1n) is 13.5. The van der Waals surface area contributed by atoms with Crippen LogP contribution in [0.1, 0.15) is 49.6 Å². The summed E-state index contributed by atoms with van der Waals surface area (Å²) in [5, 5.41) is 13.8. The summed E-state index contributed by atoms with van der Waals surface area (Å²) in [5.41, 5.74) is 10.0. The number of aryl methyl sites for hydroxylation is 2. The molecule has 2 aromatic heterocycles. The Hall–Kier alpha value is -3.37. The summed E-state index contributed by atoms with van der Waals surface area (Å²) >= 11 is 4.56. The van der Waals surface area contributed by atoms with Crippen molar-refractivity contribution >= 4 is 53.0 Å². The molecule has 0 bridgehead atoms. The van der Waals surface area contributed by atoms with Crippen molar-refractivity contribution in [3.63, 3.8) is 0 Å². The van der Waals surface area contributed by atoms with Gasteiger partial charge in [0.2, 0.25) is 0 Å². The van der Waals surface area contributed by atoms with Crippen LogP contribution in [0, 0.1) is 0 Å². The van der Waals surface area contributed by atoms with Crippen molar-refractivity contribution in [1.82, 2.24) is 14.5 Å². The molecule has 0 saturated heterocycles. The van der Waals surface area contributed by atoms with Gasteiger partial charge in [-0.15, -0.1) is 0 Å². The SMILES string of the molecule is CCCCc1nc2c(N)nc3cc(CCCOCCCN=C=S)ccc3c2n1Cc1cc(OP(=O)(O)O)ccc1O. The number of phosphoric ester groups is 1. The highest BCUT2D eigenvalue weighted by Gasteiger charge is 2.20. The number of isothiocyanates is 1. The maximum absolute atomic E-state index is 11.4. The predicted molar refractivity (Wildman–Crippen MR) is 162 cm³/mol. The lowest BCUT2D eigenvalue weighted by Crippen LogP contribution is -2.07. The Kier molecular flexibility index (Phi) is 10.4. The monoisotopic (exact) mass is 599 g/mol. The average Bonchev–Trinajstić information content (AvgIpc) is 3.28. The molecule has 2 aromatic carbocycles. The van der Waals surface area contributed by atoms with Gasteiger partial charge in [0.1, 0.15) is 22.8 Å². The molecule has 0 amide bonds. The number of benzene rings is 2. The molecule has 0 aliphatic carbocycles. The number of fused-ring (bicyclic) bond motifs is 3. The number of phosphoric acid groups is 1. The van der Waals surface area contributed by atoms with Gasteiger partial charge in [-0.05, 0) is 67.7 Å². The number of aromatic nitrogens is 3. The molecule has 0 spiro atoms. The van der Waals surface area contributed by atoms with Crippen LogP contribution in [0.4, 0.5) is 5.82 Å². The van der Waals surface area contributed by atoms with Gasteiger partial charge in [-0.1, -0.05) is 25.5 Å². The van der Waals surface area contributed by atoms with Crippen LogP contribution in [0.2, 0.25) is 0 Å². The summed E-state index contributed by atoms with van der Waals surface area (Å²) in [7, 11) is -4.76. The maximum Gasteiger partial charge on any atom is 0.524 e. The molecule has 0 fully saturated rings. The third-order valence-electron chi connectivity index (χ3n) is 6.58. The number of hydrogen-bond donors (Lipinski definition) is 4. The number of aromatic hydroxyl groups is 1. The number of imidazole rings is 1. The summed E-state index contributed by atoms with van der Waals surface area (Å²) in [4.78, 5) is 31.8. The number of aliphatic imine (C=N–C) groups is 1. The fourth-order valence-corrected chi connectivity index (χ4v) is 5.16. The highest BCUT2D eigenvalue weighted by Crippen LogP contribution is 2.39. The van der Waals surface area contributed by atoms with Crippen molar-refractivity contribution in [1.29, 1.82) is 0 Å². The highest BCUT2D eigenvalue weighted by atomic mass is 32.1. The molecule has 2 heterocycles. The minimum atomic E-state index is -4.76. The standard InChI is InChI=1S/C28H34N5O6PS/c1-2-3-7-25-32-26-27(33(25)17-20-16-21(9-11-24(20)34)39-40(35,36)37)22-10-8-19(15-23(22)31-28(26)29)6-4-13-38-14-5-12-30-18-41/h8-11,15-16,34H,2-7,12-14,17H2,1H3,(H2,29,31)(H2,35,36,37). The zero-order chi connectivity index (χ0) is 29.4. The summed E-state index contributed by atoms with van der Waals surface area (Å²) in [5.74, 6) is 1.01. The number of ether oxygens (including phenoxy) is 1. The first kappa shape index (κ1) is 30.6. The zero-order valence-corrected chi connectivity index (χ0v) is 24.5. The number of anilines is 1. The number of thiocarbonyl (C=S) groups is 1. The molecular weight excluding hydrogens is 565 g/mol. The fraction of sp³-hybridized carbons (Fsp3) is 0.393. The number of phenolic OH excluding ortho intramolecular Hbond substituents is 1. The number of rotatable bonds is 15. The Labute approximate surface area is 243 Å². The second-order valence-electron chi connectivity index (χ2n) is 9.68. The van der Waals surface area contributed by atoms with E-state index in [-0.39, 0.29) is 18.0 Å². The third kappa shape index (κ3) is 8.10. The largest absolute Gasteiger partial charge is 0.524 e. The van der Waals surface area contributed by atoms with Crippen LogP contribution in [-0.2, 0) is 28.7 Å². The van der Waals surface area contributed by atoms with Gasteiger partial charge >= 0.3 is 7.82 Å². The Balaban J connectivity index is 1.65. The van der Waals surface area contributed by atoms with E-state index >= 15 is 0 Å². The van der Waals surface area contributed by atoms with E-state index in [1.807, 2.05) is 16.7 Å². The van der Waals surface area contributed by atoms with Crippen molar-refractivity contribution in [3.8, 4) is 11.5 Å². The lowest BCUT2D eigenvalue weighted by Gasteiger charge is -2.14. The molecule has 218 valence electrons. The van der Waals surface area contributed by atoms with Crippen molar-refractivity contribution < 1.29 is 28.7 Å². The molecule has 13 heteroatoms. The van der Waals surface area contributed by atoms with Gasteiger partial charge in [0, 0.05) is 30.6 Å². The molecule has 0 radical (unpaired) electrons. The van der Waals surface area contributed by atoms with E-state index in [0.717, 1.165) is 59.9 Å². The molecule has 41 heavy (non-hydrogen) atoms. The van der Waals surface area contributed by atoms with Crippen molar-refractivity contribution in [2.24, 2.45) is 4.99 Å². The van der Waals surface area contributed by atoms with Crippen LogP contribution in [0.5, 0.6) is 11.5 Å². The van der Waals surface area contributed by atoms with E-state index in [1.54, 1.807) is 0 Å². The first-order valence-corrected chi connectivity index (χ1v) is 15.4. The van der Waals surface area contributed by atoms with Gasteiger partial charge in [-0.25, -0.2) is 19.5 Å². The molecule has 0 aliphatic heterocycles. The Bertz CT molecular complexity index is 1620. The van der Waals surface area contributed by atoms with Gasteiger partial charge in [0.05, 0.1) is 29.3 Å². The molecule has 4 aromatic rings. The first-order chi connectivity index (χ1) is 19.7. The summed E-state index contributed by atoms with van der Waals surface area (Å²) in [6, 6.07) is 10.2. The molecular formula is C28H34N5O6PS. The van der Waals surface area contributed by atoms with Gasteiger partial charge in [0.15, 0.2) is 5.82 Å². The topological polar surface area (TPSA) is 165 Å². The van der Waals surface area contributed by atoms with Crippen molar-refractivity contribution in [2.75, 3.05) is 25.5 Å². The normalized spacial score (nSPS) is 11.7. The summed E-state index contributed by atoms with van der Waals surface area (Å²) in [6.07, 6.45) is 5.02. The van der Waals surface area contributed by atoms with E-state index in [1.165, 1.54) is 18.2 Å². The van der Waals surface area contributed by atoms with Crippen LogP contribution in [0.25, 0.3) is 21.9 Å². The molecule has 0 saturated carbocycles. The second-order valence-corrected chi connectivity index (χ2v) is 11.0. The number of nitrogens with two attached hydrogens (primary N) is 1.